The Morgan fingerprint density at radius 3 is 2.55 bits per heavy atom. The minimum absolute atomic E-state index is 0.205. The van der Waals surface area contributed by atoms with Gasteiger partial charge in [0, 0.05) is 35.6 Å². The molecule has 114 valence electrons. The molecule has 1 aliphatic heterocycles. The van der Waals surface area contributed by atoms with E-state index in [-0.39, 0.29) is 5.91 Å². The number of hydrogen-bond donors (Lipinski definition) is 1. The Balaban J connectivity index is 1.68. The quantitative estimate of drug-likeness (QED) is 0.910. The first-order valence-corrected chi connectivity index (χ1v) is 8.15. The summed E-state index contributed by atoms with van der Waals surface area (Å²) in [6.45, 7) is 1.98. The molecule has 1 fully saturated rings. The molecular weight excluding hydrogens is 344 g/mol. The third-order valence-corrected chi connectivity index (χ3v) is 4.12. The van der Waals surface area contributed by atoms with Crippen LogP contribution in [0.3, 0.4) is 0 Å². The maximum Gasteiger partial charge on any atom is 0.258 e. The van der Waals surface area contributed by atoms with Gasteiger partial charge in [-0.1, -0.05) is 22.0 Å². The van der Waals surface area contributed by atoms with Crippen LogP contribution in [0.4, 0.5) is 11.6 Å². The van der Waals surface area contributed by atoms with Crippen molar-refractivity contribution in [2.45, 2.75) is 19.3 Å². The fraction of sp³-hybridized carbons (Fsp3) is 0.312. The van der Waals surface area contributed by atoms with Gasteiger partial charge in [0.25, 0.3) is 5.91 Å². The van der Waals surface area contributed by atoms with Gasteiger partial charge < -0.3 is 10.2 Å². The van der Waals surface area contributed by atoms with E-state index in [1.165, 1.54) is 19.3 Å². The highest BCUT2D eigenvalue weighted by molar-refractivity contribution is 9.10. The van der Waals surface area contributed by atoms with Gasteiger partial charge in [0.15, 0.2) is 0 Å². The number of benzene rings is 1. The summed E-state index contributed by atoms with van der Waals surface area (Å²) in [7, 11) is 0. The Bertz CT molecular complexity index is 653. The molecule has 1 saturated heterocycles. The maximum absolute atomic E-state index is 12.2. The predicted molar refractivity (Wildman–Crippen MR) is 90.2 cm³/mol. The lowest BCUT2D eigenvalue weighted by Crippen LogP contribution is -2.31. The zero-order valence-electron chi connectivity index (χ0n) is 12.1. The highest BCUT2D eigenvalue weighted by Crippen LogP contribution is 2.17. The highest BCUT2D eigenvalue weighted by atomic mass is 79.9. The smallest absolute Gasteiger partial charge is 0.258 e. The molecule has 0 radical (unpaired) electrons. The van der Waals surface area contributed by atoms with Gasteiger partial charge in [-0.25, -0.2) is 9.97 Å². The lowest BCUT2D eigenvalue weighted by molar-refractivity contribution is 0.102. The molecule has 3 rings (SSSR count). The monoisotopic (exact) mass is 360 g/mol. The van der Waals surface area contributed by atoms with E-state index in [4.69, 9.17) is 0 Å². The molecule has 2 aromatic rings. The van der Waals surface area contributed by atoms with Crippen LogP contribution in [0.5, 0.6) is 0 Å². The molecule has 5 nitrogen and oxygen atoms in total. The Kier molecular flexibility index (Phi) is 4.68. The summed E-state index contributed by atoms with van der Waals surface area (Å²) < 4.78 is 0.919. The summed E-state index contributed by atoms with van der Waals surface area (Å²) in [6, 6.07) is 7.47. The van der Waals surface area contributed by atoms with Crippen LogP contribution in [0.15, 0.2) is 41.1 Å². The average molecular weight is 361 g/mol. The van der Waals surface area contributed by atoms with Gasteiger partial charge in [-0.3, -0.25) is 4.79 Å². The molecule has 6 heteroatoms. The molecule has 0 atom stereocenters. The Morgan fingerprint density at radius 1 is 1.14 bits per heavy atom. The summed E-state index contributed by atoms with van der Waals surface area (Å²) in [5, 5.41) is 2.84. The highest BCUT2D eigenvalue weighted by Gasteiger charge is 2.14. The fourth-order valence-corrected chi connectivity index (χ4v) is 2.86. The van der Waals surface area contributed by atoms with Crippen molar-refractivity contribution in [2.24, 2.45) is 0 Å². The first-order valence-electron chi connectivity index (χ1n) is 7.36. The SMILES string of the molecule is O=C(Nc1cccc(Br)c1)c1cnc(N2CCCCC2)nc1. The number of nitrogens with zero attached hydrogens (tertiary/aromatic N) is 3. The molecule has 0 aliphatic carbocycles. The van der Waals surface area contributed by atoms with Crippen molar-refractivity contribution < 1.29 is 4.79 Å². The standard InChI is InChI=1S/C16H17BrN4O/c17-13-5-4-6-14(9-13)20-15(22)12-10-18-16(19-11-12)21-7-2-1-3-8-21/h4-6,9-11H,1-3,7-8H2,(H,20,22). The number of hydrogen-bond acceptors (Lipinski definition) is 4. The van der Waals surface area contributed by atoms with Crippen LogP contribution in [0.25, 0.3) is 0 Å². The van der Waals surface area contributed by atoms with Crippen molar-refractivity contribution in [2.75, 3.05) is 23.3 Å². The molecule has 1 aliphatic rings. The summed E-state index contributed by atoms with van der Waals surface area (Å²) >= 11 is 3.38. The Labute approximate surface area is 137 Å². The molecule has 0 saturated carbocycles. The second-order valence-electron chi connectivity index (χ2n) is 5.28. The van der Waals surface area contributed by atoms with Crippen LogP contribution in [-0.2, 0) is 0 Å². The number of rotatable bonds is 3. The van der Waals surface area contributed by atoms with Crippen LogP contribution in [-0.4, -0.2) is 29.0 Å². The molecule has 0 bridgehead atoms. The Morgan fingerprint density at radius 2 is 1.86 bits per heavy atom. The Hall–Kier alpha value is -1.95. The van der Waals surface area contributed by atoms with Gasteiger partial charge in [0.2, 0.25) is 5.95 Å². The molecule has 1 aromatic carbocycles. The third-order valence-electron chi connectivity index (χ3n) is 3.62. The van der Waals surface area contributed by atoms with E-state index < -0.39 is 0 Å². The maximum atomic E-state index is 12.2. The average Bonchev–Trinajstić information content (AvgIpc) is 2.56. The first kappa shape index (κ1) is 15.0. The minimum atomic E-state index is -0.205. The van der Waals surface area contributed by atoms with Gasteiger partial charge in [-0.2, -0.15) is 0 Å². The zero-order chi connectivity index (χ0) is 15.4. The van der Waals surface area contributed by atoms with Crippen LogP contribution in [0.2, 0.25) is 0 Å². The topological polar surface area (TPSA) is 58.1 Å². The van der Waals surface area contributed by atoms with Crippen molar-refractivity contribution in [3.05, 3.63) is 46.7 Å². The van der Waals surface area contributed by atoms with Crippen LogP contribution < -0.4 is 10.2 Å². The van der Waals surface area contributed by atoms with E-state index in [9.17, 15) is 4.79 Å². The molecular formula is C16H17BrN4O. The second kappa shape index (κ2) is 6.87. The number of anilines is 2. The van der Waals surface area contributed by atoms with Gasteiger partial charge in [-0.05, 0) is 37.5 Å². The van der Waals surface area contributed by atoms with E-state index >= 15 is 0 Å². The van der Waals surface area contributed by atoms with E-state index in [0.717, 1.165) is 23.2 Å². The second-order valence-corrected chi connectivity index (χ2v) is 6.20. The van der Waals surface area contributed by atoms with E-state index in [1.54, 1.807) is 12.4 Å². The van der Waals surface area contributed by atoms with E-state index in [2.05, 4.69) is 36.1 Å². The zero-order valence-corrected chi connectivity index (χ0v) is 13.7. The third kappa shape index (κ3) is 3.62. The van der Waals surface area contributed by atoms with Crippen LogP contribution >= 0.6 is 15.9 Å². The molecule has 1 aromatic heterocycles. The fourth-order valence-electron chi connectivity index (χ4n) is 2.47. The van der Waals surface area contributed by atoms with Crippen LogP contribution in [0, 0.1) is 0 Å². The van der Waals surface area contributed by atoms with Gasteiger partial charge >= 0.3 is 0 Å². The van der Waals surface area contributed by atoms with Gasteiger partial charge in [0.05, 0.1) is 5.56 Å². The molecule has 0 unspecified atom stereocenters. The molecule has 0 spiro atoms. The lowest BCUT2D eigenvalue weighted by atomic mass is 10.1. The van der Waals surface area contributed by atoms with Crippen LogP contribution in [0.1, 0.15) is 29.6 Å². The normalized spacial score (nSPS) is 14.7. The number of piperidine rings is 1. The molecule has 1 N–H and O–H groups in total. The summed E-state index contributed by atoms with van der Waals surface area (Å²) in [4.78, 5) is 23.0. The molecule has 22 heavy (non-hydrogen) atoms. The molecule has 1 amide bonds. The minimum Gasteiger partial charge on any atom is -0.341 e. The predicted octanol–water partition coefficient (Wildman–Crippen LogP) is 3.48. The van der Waals surface area contributed by atoms with Crippen molar-refractivity contribution in [3.8, 4) is 0 Å². The molecule has 2 heterocycles. The number of nitrogens with one attached hydrogen (secondary N) is 1. The number of aromatic nitrogens is 2. The number of carbonyl (C=O) groups is 1. The van der Waals surface area contributed by atoms with E-state index in [1.807, 2.05) is 24.3 Å². The number of carbonyl (C=O) groups excluding carboxylic acids is 1. The lowest BCUT2D eigenvalue weighted by Gasteiger charge is -2.26. The van der Waals surface area contributed by atoms with Crippen molar-refractivity contribution in [1.29, 1.82) is 0 Å². The van der Waals surface area contributed by atoms with Crippen molar-refractivity contribution >= 4 is 33.5 Å². The summed E-state index contributed by atoms with van der Waals surface area (Å²) in [5.41, 5.74) is 1.19. The van der Waals surface area contributed by atoms with Crippen molar-refractivity contribution in [1.82, 2.24) is 9.97 Å². The van der Waals surface area contributed by atoms with Gasteiger partial charge in [0.1, 0.15) is 0 Å². The summed E-state index contributed by atoms with van der Waals surface area (Å²) in [6.07, 6.45) is 6.79. The van der Waals surface area contributed by atoms with Crippen molar-refractivity contribution in [3.63, 3.8) is 0 Å². The largest absolute Gasteiger partial charge is 0.341 e. The van der Waals surface area contributed by atoms with Gasteiger partial charge in [-0.15, -0.1) is 0 Å². The number of amides is 1. The first-order chi connectivity index (χ1) is 10.7. The van der Waals surface area contributed by atoms with E-state index in [0.29, 0.717) is 11.5 Å². The summed E-state index contributed by atoms with van der Waals surface area (Å²) in [5.74, 6) is 0.502. The number of halogens is 1.